The molecule has 4 nitrogen and oxygen atoms in total. The van der Waals surface area contributed by atoms with Gasteiger partial charge in [0.2, 0.25) is 5.91 Å². The molecule has 15 heavy (non-hydrogen) atoms. The standard InChI is InChI=1S/C11H17N3O/c1-9(15)13-10-3-5-11(6-4-10)14-8-2-7-12-14/h2,7-8,10-11H,3-6H2,1H3,(H,13,15). The van der Waals surface area contributed by atoms with Crippen LogP contribution in [0.25, 0.3) is 0 Å². The van der Waals surface area contributed by atoms with E-state index in [0.717, 1.165) is 25.7 Å². The number of hydrogen-bond acceptors (Lipinski definition) is 2. The average molecular weight is 207 g/mol. The van der Waals surface area contributed by atoms with Crippen LogP contribution in [-0.4, -0.2) is 21.7 Å². The molecule has 4 heteroatoms. The normalized spacial score (nSPS) is 26.2. The third kappa shape index (κ3) is 2.58. The fraction of sp³-hybridized carbons (Fsp3) is 0.636. The number of nitrogens with zero attached hydrogens (tertiary/aromatic N) is 2. The third-order valence-electron chi connectivity index (χ3n) is 3.00. The lowest BCUT2D eigenvalue weighted by molar-refractivity contribution is -0.119. The Morgan fingerprint density at radius 2 is 2.13 bits per heavy atom. The van der Waals surface area contributed by atoms with Crippen LogP contribution in [0.4, 0.5) is 0 Å². The van der Waals surface area contributed by atoms with Crippen LogP contribution in [0.15, 0.2) is 18.5 Å². The Morgan fingerprint density at radius 3 is 2.67 bits per heavy atom. The first-order valence-corrected chi connectivity index (χ1v) is 5.52. The molecule has 82 valence electrons. The number of nitrogens with one attached hydrogen (secondary N) is 1. The predicted molar refractivity (Wildman–Crippen MR) is 57.3 cm³/mol. The zero-order valence-corrected chi connectivity index (χ0v) is 9.02. The van der Waals surface area contributed by atoms with Gasteiger partial charge in [-0.25, -0.2) is 0 Å². The molecule has 1 fully saturated rings. The summed E-state index contributed by atoms with van der Waals surface area (Å²) in [6.45, 7) is 1.58. The maximum Gasteiger partial charge on any atom is 0.217 e. The molecule has 0 spiro atoms. The number of aromatic nitrogens is 2. The maximum absolute atomic E-state index is 10.9. The van der Waals surface area contributed by atoms with Gasteiger partial charge in [-0.1, -0.05) is 0 Å². The smallest absolute Gasteiger partial charge is 0.217 e. The Bertz CT molecular complexity index is 313. The summed E-state index contributed by atoms with van der Waals surface area (Å²) in [5.41, 5.74) is 0. The molecule has 1 aliphatic carbocycles. The molecule has 1 N–H and O–H groups in total. The minimum absolute atomic E-state index is 0.0811. The number of carbonyl (C=O) groups is 1. The average Bonchev–Trinajstić information content (AvgIpc) is 2.71. The van der Waals surface area contributed by atoms with Crippen LogP contribution >= 0.6 is 0 Å². The maximum atomic E-state index is 10.9. The van der Waals surface area contributed by atoms with E-state index in [0.29, 0.717) is 12.1 Å². The van der Waals surface area contributed by atoms with Gasteiger partial charge in [-0.05, 0) is 31.7 Å². The van der Waals surface area contributed by atoms with Crippen LogP contribution in [0.3, 0.4) is 0 Å². The Balaban J connectivity index is 1.84. The van der Waals surface area contributed by atoms with Gasteiger partial charge in [-0.2, -0.15) is 5.10 Å². The highest BCUT2D eigenvalue weighted by molar-refractivity contribution is 5.73. The van der Waals surface area contributed by atoms with E-state index in [1.807, 2.05) is 23.1 Å². The van der Waals surface area contributed by atoms with E-state index in [2.05, 4.69) is 10.4 Å². The lowest BCUT2D eigenvalue weighted by Crippen LogP contribution is -2.36. The molecule has 0 aliphatic heterocycles. The number of amides is 1. The molecule has 0 radical (unpaired) electrons. The van der Waals surface area contributed by atoms with E-state index >= 15 is 0 Å². The van der Waals surface area contributed by atoms with Crippen molar-refractivity contribution in [3.63, 3.8) is 0 Å². The van der Waals surface area contributed by atoms with Gasteiger partial charge in [0.05, 0.1) is 6.04 Å². The summed E-state index contributed by atoms with van der Waals surface area (Å²) in [5, 5.41) is 7.23. The minimum atomic E-state index is 0.0811. The molecular weight excluding hydrogens is 190 g/mol. The fourth-order valence-corrected chi connectivity index (χ4v) is 2.27. The first-order chi connectivity index (χ1) is 7.25. The second-order valence-electron chi connectivity index (χ2n) is 4.19. The van der Waals surface area contributed by atoms with E-state index in [1.165, 1.54) is 0 Å². The third-order valence-corrected chi connectivity index (χ3v) is 3.00. The van der Waals surface area contributed by atoms with Crippen molar-refractivity contribution in [1.29, 1.82) is 0 Å². The van der Waals surface area contributed by atoms with E-state index in [9.17, 15) is 4.79 Å². The Hall–Kier alpha value is -1.32. The molecular formula is C11H17N3O. The summed E-state index contributed by atoms with van der Waals surface area (Å²) in [6, 6.07) is 2.85. The molecule has 1 saturated carbocycles. The Morgan fingerprint density at radius 1 is 1.40 bits per heavy atom. The molecule has 1 amide bonds. The molecule has 2 rings (SSSR count). The van der Waals surface area contributed by atoms with Crippen LogP contribution in [0.1, 0.15) is 38.6 Å². The summed E-state index contributed by atoms with van der Waals surface area (Å²) < 4.78 is 2.03. The Kier molecular flexibility index (Phi) is 3.04. The zero-order valence-electron chi connectivity index (χ0n) is 9.02. The van der Waals surface area contributed by atoms with Crippen LogP contribution in [0.5, 0.6) is 0 Å². The van der Waals surface area contributed by atoms with Gasteiger partial charge < -0.3 is 5.32 Å². The van der Waals surface area contributed by atoms with Gasteiger partial charge in [0.1, 0.15) is 0 Å². The highest BCUT2D eigenvalue weighted by Gasteiger charge is 2.22. The fourth-order valence-electron chi connectivity index (χ4n) is 2.27. The summed E-state index contributed by atoms with van der Waals surface area (Å²) in [7, 11) is 0. The van der Waals surface area contributed by atoms with Gasteiger partial charge in [0.15, 0.2) is 0 Å². The summed E-state index contributed by atoms with van der Waals surface area (Å²) >= 11 is 0. The van der Waals surface area contributed by atoms with Gasteiger partial charge in [-0.15, -0.1) is 0 Å². The molecule has 0 aromatic carbocycles. The zero-order chi connectivity index (χ0) is 10.7. The Labute approximate surface area is 89.7 Å². The second-order valence-corrected chi connectivity index (χ2v) is 4.19. The summed E-state index contributed by atoms with van der Waals surface area (Å²) in [6.07, 6.45) is 8.16. The largest absolute Gasteiger partial charge is 0.354 e. The van der Waals surface area contributed by atoms with E-state index in [-0.39, 0.29) is 5.91 Å². The van der Waals surface area contributed by atoms with Crippen molar-refractivity contribution in [2.45, 2.75) is 44.7 Å². The van der Waals surface area contributed by atoms with Crippen molar-refractivity contribution >= 4 is 5.91 Å². The molecule has 0 bridgehead atoms. The van der Waals surface area contributed by atoms with Gasteiger partial charge in [-0.3, -0.25) is 9.48 Å². The van der Waals surface area contributed by atoms with Gasteiger partial charge in [0, 0.05) is 25.4 Å². The van der Waals surface area contributed by atoms with E-state index < -0.39 is 0 Å². The van der Waals surface area contributed by atoms with Crippen molar-refractivity contribution in [3.8, 4) is 0 Å². The summed E-state index contributed by atoms with van der Waals surface area (Å²) in [5.74, 6) is 0.0811. The molecule has 0 atom stereocenters. The van der Waals surface area contributed by atoms with Crippen molar-refractivity contribution in [1.82, 2.24) is 15.1 Å². The van der Waals surface area contributed by atoms with E-state index in [4.69, 9.17) is 0 Å². The lowest BCUT2D eigenvalue weighted by Gasteiger charge is -2.28. The quantitative estimate of drug-likeness (QED) is 0.799. The first kappa shape index (κ1) is 10.2. The minimum Gasteiger partial charge on any atom is -0.354 e. The number of carbonyl (C=O) groups excluding carboxylic acids is 1. The lowest BCUT2D eigenvalue weighted by atomic mass is 9.91. The predicted octanol–water partition coefficient (Wildman–Crippen LogP) is 1.50. The monoisotopic (exact) mass is 207 g/mol. The van der Waals surface area contributed by atoms with Gasteiger partial charge >= 0.3 is 0 Å². The first-order valence-electron chi connectivity index (χ1n) is 5.52. The molecule has 1 heterocycles. The SMILES string of the molecule is CC(=O)NC1CCC(n2cccn2)CC1. The molecule has 1 aromatic rings. The van der Waals surface area contributed by atoms with Crippen molar-refractivity contribution in [2.75, 3.05) is 0 Å². The molecule has 1 aromatic heterocycles. The highest BCUT2D eigenvalue weighted by atomic mass is 16.1. The number of hydrogen-bond donors (Lipinski definition) is 1. The highest BCUT2D eigenvalue weighted by Crippen LogP contribution is 2.27. The van der Waals surface area contributed by atoms with Crippen molar-refractivity contribution in [2.24, 2.45) is 0 Å². The topological polar surface area (TPSA) is 46.9 Å². The molecule has 0 saturated heterocycles. The van der Waals surface area contributed by atoms with Crippen molar-refractivity contribution < 1.29 is 4.79 Å². The molecule has 0 unspecified atom stereocenters. The number of rotatable bonds is 2. The van der Waals surface area contributed by atoms with Crippen molar-refractivity contribution in [3.05, 3.63) is 18.5 Å². The molecule has 1 aliphatic rings. The van der Waals surface area contributed by atoms with Crippen LogP contribution in [0.2, 0.25) is 0 Å². The van der Waals surface area contributed by atoms with Gasteiger partial charge in [0.25, 0.3) is 0 Å². The second kappa shape index (κ2) is 4.47. The van der Waals surface area contributed by atoms with Crippen LogP contribution in [-0.2, 0) is 4.79 Å². The van der Waals surface area contributed by atoms with Crippen LogP contribution < -0.4 is 5.32 Å². The van der Waals surface area contributed by atoms with Crippen LogP contribution in [0, 0.1) is 0 Å². The summed E-state index contributed by atoms with van der Waals surface area (Å²) in [4.78, 5) is 10.9. The van der Waals surface area contributed by atoms with E-state index in [1.54, 1.807) is 6.92 Å².